The van der Waals surface area contributed by atoms with Crippen LogP contribution in [0.3, 0.4) is 0 Å². The Labute approximate surface area is 196 Å². The van der Waals surface area contributed by atoms with E-state index in [-0.39, 0.29) is 10.4 Å². The number of benzene rings is 1. The van der Waals surface area contributed by atoms with Crippen molar-refractivity contribution in [1.29, 1.82) is 0 Å². The molecule has 2 aromatic heterocycles. The van der Waals surface area contributed by atoms with Gasteiger partial charge in [0.25, 0.3) is 0 Å². The summed E-state index contributed by atoms with van der Waals surface area (Å²) in [7, 11) is 1.49. The number of aromatic nitrogens is 2. The van der Waals surface area contributed by atoms with E-state index in [4.69, 9.17) is 9.47 Å². The van der Waals surface area contributed by atoms with Crippen molar-refractivity contribution in [2.45, 2.75) is 30.5 Å². The maximum absolute atomic E-state index is 13.5. The third-order valence-corrected chi connectivity index (χ3v) is 6.95. The maximum Gasteiger partial charge on any atom is 0.416 e. The minimum Gasteiger partial charge on any atom is -0.496 e. The normalized spacial score (nSPS) is 16.5. The zero-order valence-electron chi connectivity index (χ0n) is 17.3. The van der Waals surface area contributed by atoms with Gasteiger partial charge in [-0.05, 0) is 19.1 Å². The largest absolute Gasteiger partial charge is 0.496 e. The molecule has 4 rings (SSSR count). The molecule has 2 heterocycles. The van der Waals surface area contributed by atoms with Crippen LogP contribution in [0.2, 0.25) is 0 Å². The van der Waals surface area contributed by atoms with Crippen molar-refractivity contribution in [2.75, 3.05) is 7.11 Å². The zero-order chi connectivity index (χ0) is 23.0. The second-order valence-corrected chi connectivity index (χ2v) is 9.48. The lowest BCUT2D eigenvalue weighted by molar-refractivity contribution is -0.138. The molecule has 2 atom stereocenters. The highest BCUT2D eigenvalue weighted by Gasteiger charge is 2.35. The number of imidazole rings is 1. The Morgan fingerprint density at radius 1 is 1.34 bits per heavy atom. The van der Waals surface area contributed by atoms with E-state index < -0.39 is 17.8 Å². The number of hydrogen-bond acceptors (Lipinski definition) is 4. The molecule has 0 saturated heterocycles. The molecule has 0 N–H and O–H groups in total. The Kier molecular flexibility index (Phi) is 6.22. The van der Waals surface area contributed by atoms with Gasteiger partial charge in [-0.3, -0.25) is 4.57 Å². The summed E-state index contributed by atoms with van der Waals surface area (Å²) in [6, 6.07) is 7.21. The van der Waals surface area contributed by atoms with Crippen LogP contribution in [0, 0.1) is 0 Å². The molecule has 0 saturated carbocycles. The molecule has 32 heavy (non-hydrogen) atoms. The molecule has 3 aromatic rings. The molecule has 9 heteroatoms. The molecule has 0 radical (unpaired) electrons. The summed E-state index contributed by atoms with van der Waals surface area (Å²) in [5.74, 6) is 0.777. The predicted molar refractivity (Wildman–Crippen MR) is 123 cm³/mol. The first kappa shape index (κ1) is 22.7. The summed E-state index contributed by atoms with van der Waals surface area (Å²) in [5.41, 5.74) is 1.27. The van der Waals surface area contributed by atoms with E-state index in [9.17, 15) is 13.2 Å². The van der Waals surface area contributed by atoms with Crippen LogP contribution in [0.5, 0.6) is 5.75 Å². The van der Waals surface area contributed by atoms with Crippen molar-refractivity contribution < 1.29 is 22.6 Å². The summed E-state index contributed by atoms with van der Waals surface area (Å²) in [6.45, 7) is 5.51. The van der Waals surface area contributed by atoms with Gasteiger partial charge in [0, 0.05) is 22.9 Å². The first-order valence-electron chi connectivity index (χ1n) is 9.77. The summed E-state index contributed by atoms with van der Waals surface area (Å²) in [4.78, 5) is 5.35. The number of allylic oxidation sites excluding steroid dienone is 1. The molecular weight excluding hydrogens is 505 g/mol. The summed E-state index contributed by atoms with van der Waals surface area (Å²) in [5, 5.41) is 0.802. The smallest absolute Gasteiger partial charge is 0.416 e. The number of methoxy groups -OCH3 is 1. The second kappa shape index (κ2) is 8.78. The van der Waals surface area contributed by atoms with Crippen LogP contribution < -0.4 is 4.74 Å². The fourth-order valence-electron chi connectivity index (χ4n) is 3.57. The number of hydrogen-bond donors (Lipinski definition) is 0. The van der Waals surface area contributed by atoms with E-state index in [1.807, 2.05) is 10.6 Å². The van der Waals surface area contributed by atoms with Gasteiger partial charge in [-0.25, -0.2) is 4.98 Å². The van der Waals surface area contributed by atoms with Crippen molar-refractivity contribution in [3.63, 3.8) is 0 Å². The zero-order valence-corrected chi connectivity index (χ0v) is 19.7. The Morgan fingerprint density at radius 2 is 2.09 bits per heavy atom. The van der Waals surface area contributed by atoms with Crippen molar-refractivity contribution in [3.8, 4) is 10.8 Å². The second-order valence-electron chi connectivity index (χ2n) is 7.28. The summed E-state index contributed by atoms with van der Waals surface area (Å²) in [6.07, 6.45) is 1.25. The molecule has 1 unspecified atom stereocenters. The molecule has 1 aromatic carbocycles. The molecule has 168 valence electrons. The number of nitrogens with zero attached hydrogens (tertiary/aromatic N) is 2. The van der Waals surface area contributed by atoms with E-state index in [0.717, 1.165) is 28.9 Å². The average molecular weight is 525 g/mol. The maximum atomic E-state index is 13.5. The van der Waals surface area contributed by atoms with Gasteiger partial charge in [0.15, 0.2) is 0 Å². The number of ether oxygens (including phenoxy) is 2. The highest BCUT2D eigenvalue weighted by Crippen LogP contribution is 2.42. The molecule has 0 amide bonds. The standard InChI is InChI=1S/C23H20BrF3N2O2S/c1-13(16-6-4-5-7-17(16)23(25,26)27)31-20-11-21(32-22(20)14(2)30-3)29-12-28-18-10-15(24)8-9-19(18)29/h4-9,11-13,15H,2,10H2,1,3H3/t13-,15?/m1/s1. The molecule has 0 spiro atoms. The van der Waals surface area contributed by atoms with E-state index in [2.05, 4.69) is 33.6 Å². The van der Waals surface area contributed by atoms with Gasteiger partial charge in [0.05, 0.1) is 24.1 Å². The van der Waals surface area contributed by atoms with Crippen molar-refractivity contribution in [3.05, 3.63) is 76.7 Å². The SMILES string of the molecule is C=C(OC)c1sc(-n2cnc3c2C=CC(Br)C3)cc1O[C@H](C)c1ccccc1C(F)(F)F. The number of rotatable bonds is 6. The Hall–Kier alpha value is -2.52. The van der Waals surface area contributed by atoms with Gasteiger partial charge in [-0.2, -0.15) is 13.2 Å². The van der Waals surface area contributed by atoms with Crippen LogP contribution >= 0.6 is 27.3 Å². The lowest BCUT2D eigenvalue weighted by atomic mass is 10.0. The number of fused-ring (bicyclic) bond motifs is 1. The van der Waals surface area contributed by atoms with Gasteiger partial charge in [0.2, 0.25) is 0 Å². The van der Waals surface area contributed by atoms with Gasteiger partial charge >= 0.3 is 6.18 Å². The minimum absolute atomic E-state index is 0.0630. The van der Waals surface area contributed by atoms with Crippen molar-refractivity contribution in [2.24, 2.45) is 0 Å². The Balaban J connectivity index is 1.71. The lowest BCUT2D eigenvalue weighted by Crippen LogP contribution is -2.13. The third-order valence-electron chi connectivity index (χ3n) is 5.17. The highest BCUT2D eigenvalue weighted by atomic mass is 79.9. The number of alkyl halides is 4. The first-order valence-corrected chi connectivity index (χ1v) is 11.5. The van der Waals surface area contributed by atoms with Gasteiger partial charge in [0.1, 0.15) is 33.8 Å². The van der Waals surface area contributed by atoms with Crippen LogP contribution in [-0.4, -0.2) is 21.5 Å². The molecule has 0 bridgehead atoms. The van der Waals surface area contributed by atoms with Gasteiger partial charge < -0.3 is 9.47 Å². The molecule has 0 aliphatic heterocycles. The first-order chi connectivity index (χ1) is 15.2. The third kappa shape index (κ3) is 4.36. The van der Waals surface area contributed by atoms with E-state index in [1.165, 1.54) is 30.6 Å². The fourth-order valence-corrected chi connectivity index (χ4v) is 5.05. The lowest BCUT2D eigenvalue weighted by Gasteiger charge is -2.20. The summed E-state index contributed by atoms with van der Waals surface area (Å²) >= 11 is 4.95. The monoisotopic (exact) mass is 524 g/mol. The molecule has 4 nitrogen and oxygen atoms in total. The van der Waals surface area contributed by atoms with Crippen molar-refractivity contribution >= 4 is 39.1 Å². The quantitative estimate of drug-likeness (QED) is 0.256. The number of thiophene rings is 1. The molecule has 1 aliphatic rings. The molecule has 1 aliphatic carbocycles. The Bertz CT molecular complexity index is 1180. The van der Waals surface area contributed by atoms with E-state index in [1.54, 1.807) is 25.4 Å². The number of halogens is 4. The molecular formula is C23H20BrF3N2O2S. The van der Waals surface area contributed by atoms with Gasteiger partial charge in [-0.1, -0.05) is 46.8 Å². The predicted octanol–water partition coefficient (Wildman–Crippen LogP) is 7.04. The van der Waals surface area contributed by atoms with Crippen LogP contribution in [-0.2, 0) is 17.3 Å². The van der Waals surface area contributed by atoms with Gasteiger partial charge in [-0.15, -0.1) is 11.3 Å². The van der Waals surface area contributed by atoms with E-state index in [0.29, 0.717) is 16.4 Å². The van der Waals surface area contributed by atoms with Crippen LogP contribution in [0.15, 0.2) is 49.3 Å². The fraction of sp³-hybridized carbons (Fsp3) is 0.261. The average Bonchev–Trinajstić information content (AvgIpc) is 3.36. The van der Waals surface area contributed by atoms with Crippen LogP contribution in [0.4, 0.5) is 13.2 Å². The minimum atomic E-state index is -4.47. The van der Waals surface area contributed by atoms with Crippen molar-refractivity contribution in [1.82, 2.24) is 9.55 Å². The molecule has 0 fully saturated rings. The van der Waals surface area contributed by atoms with Crippen LogP contribution in [0.1, 0.15) is 40.4 Å². The Morgan fingerprint density at radius 3 is 2.81 bits per heavy atom. The van der Waals surface area contributed by atoms with E-state index >= 15 is 0 Å². The summed E-state index contributed by atoms with van der Waals surface area (Å²) < 4.78 is 53.7. The topological polar surface area (TPSA) is 36.3 Å². The highest BCUT2D eigenvalue weighted by molar-refractivity contribution is 9.09. The van der Waals surface area contributed by atoms with Crippen LogP contribution in [0.25, 0.3) is 16.8 Å².